The van der Waals surface area contributed by atoms with Crippen molar-refractivity contribution in [2.45, 2.75) is 39.3 Å². The molecular weight excluding hydrogens is 256 g/mol. The van der Waals surface area contributed by atoms with Gasteiger partial charge in [-0.25, -0.2) is 0 Å². The standard InChI is InChI=1S/C13H24N6O/c1-5-14-11-16-12(15-10-6-7-19(4)8-10)18-13(17-11)20-9(2)3/h9-10H,5-8H2,1-4H3,(H2,14,15,16,17,18). The zero-order valence-electron chi connectivity index (χ0n) is 12.7. The molecule has 0 aromatic carbocycles. The Morgan fingerprint density at radius 2 is 2.05 bits per heavy atom. The first-order valence-corrected chi connectivity index (χ1v) is 7.18. The van der Waals surface area contributed by atoms with Gasteiger partial charge in [-0.05, 0) is 40.8 Å². The van der Waals surface area contributed by atoms with E-state index in [4.69, 9.17) is 4.74 Å². The number of anilines is 2. The lowest BCUT2D eigenvalue weighted by Gasteiger charge is -2.15. The highest BCUT2D eigenvalue weighted by atomic mass is 16.5. The van der Waals surface area contributed by atoms with E-state index in [0.717, 1.165) is 26.1 Å². The van der Waals surface area contributed by atoms with E-state index in [-0.39, 0.29) is 6.10 Å². The summed E-state index contributed by atoms with van der Waals surface area (Å²) in [5.41, 5.74) is 0. The third-order valence-electron chi connectivity index (χ3n) is 3.02. The minimum atomic E-state index is 0.0392. The molecule has 2 rings (SSSR count). The molecule has 7 nitrogen and oxygen atoms in total. The Morgan fingerprint density at radius 3 is 2.65 bits per heavy atom. The lowest BCUT2D eigenvalue weighted by molar-refractivity contribution is 0.222. The first-order chi connectivity index (χ1) is 9.56. The van der Waals surface area contributed by atoms with E-state index in [1.165, 1.54) is 0 Å². The Bertz CT molecular complexity index is 439. The molecular formula is C13H24N6O. The van der Waals surface area contributed by atoms with Crippen molar-refractivity contribution < 1.29 is 4.74 Å². The molecule has 1 aromatic heterocycles. The van der Waals surface area contributed by atoms with E-state index in [9.17, 15) is 0 Å². The monoisotopic (exact) mass is 280 g/mol. The van der Waals surface area contributed by atoms with Crippen LogP contribution < -0.4 is 15.4 Å². The number of ether oxygens (including phenoxy) is 1. The van der Waals surface area contributed by atoms with Gasteiger partial charge in [0.1, 0.15) is 0 Å². The van der Waals surface area contributed by atoms with Gasteiger partial charge in [0.05, 0.1) is 6.10 Å². The van der Waals surface area contributed by atoms with Crippen molar-refractivity contribution in [3.63, 3.8) is 0 Å². The molecule has 0 amide bonds. The molecule has 7 heteroatoms. The molecule has 0 aliphatic carbocycles. The van der Waals surface area contributed by atoms with Gasteiger partial charge in [-0.3, -0.25) is 0 Å². The van der Waals surface area contributed by atoms with Crippen LogP contribution >= 0.6 is 0 Å². The second-order valence-corrected chi connectivity index (χ2v) is 5.35. The van der Waals surface area contributed by atoms with Crippen LogP contribution in [-0.4, -0.2) is 58.7 Å². The van der Waals surface area contributed by atoms with Crippen LogP contribution in [-0.2, 0) is 0 Å². The molecule has 0 spiro atoms. The fourth-order valence-corrected chi connectivity index (χ4v) is 2.16. The fraction of sp³-hybridized carbons (Fsp3) is 0.769. The highest BCUT2D eigenvalue weighted by Gasteiger charge is 2.20. The number of likely N-dealkylation sites (tertiary alicyclic amines) is 1. The van der Waals surface area contributed by atoms with Gasteiger partial charge in [-0.15, -0.1) is 0 Å². The lowest BCUT2D eigenvalue weighted by Crippen LogP contribution is -2.25. The molecule has 0 radical (unpaired) electrons. The number of aromatic nitrogens is 3. The van der Waals surface area contributed by atoms with Crippen LogP contribution in [0.15, 0.2) is 0 Å². The Morgan fingerprint density at radius 1 is 1.30 bits per heavy atom. The maximum Gasteiger partial charge on any atom is 0.323 e. The van der Waals surface area contributed by atoms with Gasteiger partial charge >= 0.3 is 6.01 Å². The largest absolute Gasteiger partial charge is 0.461 e. The summed E-state index contributed by atoms with van der Waals surface area (Å²) in [6.07, 6.45) is 1.14. The molecule has 0 bridgehead atoms. The summed E-state index contributed by atoms with van der Waals surface area (Å²) < 4.78 is 5.57. The third-order valence-corrected chi connectivity index (χ3v) is 3.02. The number of nitrogens with one attached hydrogen (secondary N) is 2. The Kier molecular flexibility index (Phi) is 4.94. The normalized spacial score (nSPS) is 19.4. The molecule has 112 valence electrons. The van der Waals surface area contributed by atoms with E-state index in [1.54, 1.807) is 0 Å². The van der Waals surface area contributed by atoms with E-state index < -0.39 is 0 Å². The van der Waals surface area contributed by atoms with Crippen LogP contribution in [0, 0.1) is 0 Å². The average molecular weight is 280 g/mol. The van der Waals surface area contributed by atoms with Crippen molar-refractivity contribution in [2.75, 3.05) is 37.3 Å². The van der Waals surface area contributed by atoms with Crippen molar-refractivity contribution in [1.82, 2.24) is 19.9 Å². The van der Waals surface area contributed by atoms with Crippen LogP contribution in [0.5, 0.6) is 6.01 Å². The fourth-order valence-electron chi connectivity index (χ4n) is 2.16. The van der Waals surface area contributed by atoms with E-state index in [1.807, 2.05) is 20.8 Å². The second kappa shape index (κ2) is 6.69. The van der Waals surface area contributed by atoms with Crippen molar-refractivity contribution in [3.8, 4) is 6.01 Å². The predicted octanol–water partition coefficient (Wildman–Crippen LogP) is 1.21. The lowest BCUT2D eigenvalue weighted by atomic mass is 10.3. The Labute approximate surface area is 120 Å². The maximum atomic E-state index is 5.57. The van der Waals surface area contributed by atoms with Crippen LogP contribution in [0.3, 0.4) is 0 Å². The first kappa shape index (κ1) is 14.8. The predicted molar refractivity (Wildman–Crippen MR) is 79.3 cm³/mol. The number of rotatable bonds is 6. The summed E-state index contributed by atoms with van der Waals surface area (Å²) in [5.74, 6) is 1.12. The van der Waals surface area contributed by atoms with Crippen LogP contribution in [0.4, 0.5) is 11.9 Å². The highest BCUT2D eigenvalue weighted by Crippen LogP contribution is 2.16. The van der Waals surface area contributed by atoms with Crippen LogP contribution in [0.1, 0.15) is 27.2 Å². The van der Waals surface area contributed by atoms with Gasteiger partial charge in [0, 0.05) is 19.1 Å². The molecule has 1 aliphatic heterocycles. The number of hydrogen-bond acceptors (Lipinski definition) is 7. The molecule has 1 saturated heterocycles. The summed E-state index contributed by atoms with van der Waals surface area (Å²) in [4.78, 5) is 15.2. The van der Waals surface area contributed by atoms with Gasteiger partial charge in [0.2, 0.25) is 11.9 Å². The number of hydrogen-bond donors (Lipinski definition) is 2. The summed E-state index contributed by atoms with van der Waals surface area (Å²) in [7, 11) is 2.12. The van der Waals surface area contributed by atoms with E-state index >= 15 is 0 Å². The van der Waals surface area contributed by atoms with Gasteiger partial charge < -0.3 is 20.3 Å². The third kappa shape index (κ3) is 4.19. The van der Waals surface area contributed by atoms with Crippen LogP contribution in [0.2, 0.25) is 0 Å². The highest BCUT2D eigenvalue weighted by molar-refractivity contribution is 5.36. The smallest absolute Gasteiger partial charge is 0.323 e. The summed E-state index contributed by atoms with van der Waals surface area (Å²) in [6, 6.07) is 0.739. The zero-order valence-corrected chi connectivity index (χ0v) is 12.7. The molecule has 1 aromatic rings. The second-order valence-electron chi connectivity index (χ2n) is 5.35. The molecule has 1 unspecified atom stereocenters. The van der Waals surface area contributed by atoms with Crippen LogP contribution in [0.25, 0.3) is 0 Å². The average Bonchev–Trinajstić information content (AvgIpc) is 2.74. The maximum absolute atomic E-state index is 5.57. The molecule has 1 atom stereocenters. The SMILES string of the molecule is CCNc1nc(NC2CCN(C)C2)nc(OC(C)C)n1. The van der Waals surface area contributed by atoms with Crippen molar-refractivity contribution in [3.05, 3.63) is 0 Å². The minimum Gasteiger partial charge on any atom is -0.461 e. The minimum absolute atomic E-state index is 0.0392. The van der Waals surface area contributed by atoms with Gasteiger partial charge in [-0.1, -0.05) is 0 Å². The Hall–Kier alpha value is -1.63. The van der Waals surface area contributed by atoms with Gasteiger partial charge in [0.15, 0.2) is 0 Å². The van der Waals surface area contributed by atoms with Crippen molar-refractivity contribution in [1.29, 1.82) is 0 Å². The Balaban J connectivity index is 2.11. The van der Waals surface area contributed by atoms with Gasteiger partial charge in [0.25, 0.3) is 0 Å². The summed E-state index contributed by atoms with van der Waals surface area (Å²) in [6.45, 7) is 8.77. The zero-order chi connectivity index (χ0) is 14.5. The summed E-state index contributed by atoms with van der Waals surface area (Å²) >= 11 is 0. The number of nitrogens with zero attached hydrogens (tertiary/aromatic N) is 4. The van der Waals surface area contributed by atoms with E-state index in [2.05, 4.69) is 37.5 Å². The molecule has 1 aliphatic rings. The molecule has 20 heavy (non-hydrogen) atoms. The molecule has 0 saturated carbocycles. The number of likely N-dealkylation sites (N-methyl/N-ethyl adjacent to an activating group) is 1. The summed E-state index contributed by atoms with van der Waals surface area (Å²) in [5, 5.41) is 6.46. The quantitative estimate of drug-likeness (QED) is 0.811. The molecule has 2 N–H and O–H groups in total. The topological polar surface area (TPSA) is 75.2 Å². The molecule has 2 heterocycles. The van der Waals surface area contributed by atoms with Crippen molar-refractivity contribution >= 4 is 11.9 Å². The van der Waals surface area contributed by atoms with Crippen molar-refractivity contribution in [2.24, 2.45) is 0 Å². The first-order valence-electron chi connectivity index (χ1n) is 7.18. The van der Waals surface area contributed by atoms with E-state index in [0.29, 0.717) is 23.9 Å². The molecule has 1 fully saturated rings. The van der Waals surface area contributed by atoms with Gasteiger partial charge in [-0.2, -0.15) is 15.0 Å².